The summed E-state index contributed by atoms with van der Waals surface area (Å²) in [5.41, 5.74) is 0. The minimum absolute atomic E-state index is 0.280. The monoisotopic (exact) mass is 237 g/mol. The Bertz CT molecular complexity index is 340. The summed E-state index contributed by atoms with van der Waals surface area (Å²) in [5, 5.41) is 11.6. The van der Waals surface area contributed by atoms with E-state index in [2.05, 4.69) is 34.4 Å². The van der Waals surface area contributed by atoms with Crippen LogP contribution in [-0.2, 0) is 7.05 Å². The summed E-state index contributed by atoms with van der Waals surface area (Å²) in [5.74, 6) is 1.82. The molecule has 1 aromatic heterocycles. The number of hydrogen-bond acceptors (Lipinski definition) is 4. The highest BCUT2D eigenvalue weighted by molar-refractivity contribution is 4.92. The number of nitrogens with one attached hydrogen (secondary N) is 1. The Labute approximate surface area is 103 Å². The molecule has 5 nitrogen and oxygen atoms in total. The molecule has 1 aliphatic heterocycles. The van der Waals surface area contributed by atoms with E-state index in [9.17, 15) is 0 Å². The van der Waals surface area contributed by atoms with Gasteiger partial charge < -0.3 is 14.8 Å². The second kappa shape index (κ2) is 5.60. The predicted octanol–water partition coefficient (Wildman–Crippen LogP) is 0.807. The average Bonchev–Trinajstić information content (AvgIpc) is 2.74. The van der Waals surface area contributed by atoms with E-state index in [0.717, 1.165) is 18.3 Å². The van der Waals surface area contributed by atoms with Crippen LogP contribution in [0.15, 0.2) is 6.33 Å². The largest absolute Gasteiger partial charge is 0.319 e. The summed E-state index contributed by atoms with van der Waals surface area (Å²) in [6, 6.07) is 0.280. The Hall–Kier alpha value is -0.940. The van der Waals surface area contributed by atoms with Gasteiger partial charge in [-0.25, -0.2) is 0 Å². The van der Waals surface area contributed by atoms with E-state index in [-0.39, 0.29) is 6.04 Å². The quantitative estimate of drug-likeness (QED) is 0.841. The van der Waals surface area contributed by atoms with Gasteiger partial charge in [0.2, 0.25) is 0 Å². The molecule has 0 amide bonds. The van der Waals surface area contributed by atoms with E-state index in [1.165, 1.54) is 25.9 Å². The molecule has 17 heavy (non-hydrogen) atoms. The first kappa shape index (κ1) is 12.5. The molecular weight excluding hydrogens is 214 g/mol. The average molecular weight is 237 g/mol. The smallest absolute Gasteiger partial charge is 0.149 e. The summed E-state index contributed by atoms with van der Waals surface area (Å²) >= 11 is 0. The molecule has 0 radical (unpaired) electrons. The van der Waals surface area contributed by atoms with Gasteiger partial charge in [0.1, 0.15) is 12.2 Å². The normalized spacial score (nSPS) is 20.6. The lowest BCUT2D eigenvalue weighted by Crippen LogP contribution is -2.36. The van der Waals surface area contributed by atoms with Gasteiger partial charge in [0.15, 0.2) is 0 Å². The topological polar surface area (TPSA) is 46.0 Å². The van der Waals surface area contributed by atoms with Crippen molar-refractivity contribution in [1.82, 2.24) is 25.0 Å². The van der Waals surface area contributed by atoms with Crippen molar-refractivity contribution in [2.45, 2.75) is 25.8 Å². The highest BCUT2D eigenvalue weighted by Gasteiger charge is 2.18. The molecule has 96 valence electrons. The van der Waals surface area contributed by atoms with Crippen LogP contribution < -0.4 is 5.32 Å². The van der Waals surface area contributed by atoms with Crippen molar-refractivity contribution >= 4 is 0 Å². The van der Waals surface area contributed by atoms with Crippen molar-refractivity contribution in [3.8, 4) is 0 Å². The number of rotatable bonds is 4. The van der Waals surface area contributed by atoms with Gasteiger partial charge in [0, 0.05) is 7.05 Å². The van der Waals surface area contributed by atoms with Gasteiger partial charge in [-0.3, -0.25) is 0 Å². The number of hydrogen-bond donors (Lipinski definition) is 1. The van der Waals surface area contributed by atoms with Crippen LogP contribution in [0.25, 0.3) is 0 Å². The van der Waals surface area contributed by atoms with E-state index >= 15 is 0 Å². The van der Waals surface area contributed by atoms with Crippen molar-refractivity contribution in [3.63, 3.8) is 0 Å². The SMILES string of the molecule is CC(NCC1CCN(C)CC1)c1nncn1C. The molecule has 1 saturated heterocycles. The molecule has 0 aliphatic carbocycles. The summed E-state index contributed by atoms with van der Waals surface area (Å²) in [7, 11) is 4.19. The zero-order valence-electron chi connectivity index (χ0n) is 11.1. The fourth-order valence-electron chi connectivity index (χ4n) is 2.39. The fourth-order valence-corrected chi connectivity index (χ4v) is 2.39. The first-order chi connectivity index (χ1) is 8.16. The third-order valence-corrected chi connectivity index (χ3v) is 3.68. The van der Waals surface area contributed by atoms with Gasteiger partial charge in [0.25, 0.3) is 0 Å². The third kappa shape index (κ3) is 3.26. The molecule has 0 spiro atoms. The second-order valence-corrected chi connectivity index (χ2v) is 5.18. The number of aromatic nitrogens is 3. The number of likely N-dealkylation sites (tertiary alicyclic amines) is 1. The molecule has 0 saturated carbocycles. The number of nitrogens with zero attached hydrogens (tertiary/aromatic N) is 4. The van der Waals surface area contributed by atoms with Crippen molar-refractivity contribution in [3.05, 3.63) is 12.2 Å². The zero-order valence-corrected chi connectivity index (χ0v) is 11.1. The number of piperidine rings is 1. The lowest BCUT2D eigenvalue weighted by molar-refractivity contribution is 0.213. The molecule has 1 N–H and O–H groups in total. The van der Waals surface area contributed by atoms with E-state index < -0.39 is 0 Å². The van der Waals surface area contributed by atoms with Crippen molar-refractivity contribution in [2.24, 2.45) is 13.0 Å². The molecule has 0 aromatic carbocycles. The lowest BCUT2D eigenvalue weighted by Gasteiger charge is -2.29. The Kier molecular flexibility index (Phi) is 4.12. The van der Waals surface area contributed by atoms with Crippen LogP contribution in [0.1, 0.15) is 31.6 Å². The zero-order chi connectivity index (χ0) is 12.3. The molecule has 1 atom stereocenters. The van der Waals surface area contributed by atoms with E-state index in [0.29, 0.717) is 0 Å². The number of aryl methyl sites for hydroxylation is 1. The summed E-state index contributed by atoms with van der Waals surface area (Å²) in [6.07, 6.45) is 4.35. The van der Waals surface area contributed by atoms with Crippen LogP contribution in [-0.4, -0.2) is 46.3 Å². The maximum atomic E-state index is 4.13. The Balaban J connectivity index is 1.77. The molecule has 2 heterocycles. The van der Waals surface area contributed by atoms with E-state index in [1.807, 2.05) is 11.6 Å². The molecule has 5 heteroatoms. The van der Waals surface area contributed by atoms with Gasteiger partial charge in [-0.2, -0.15) is 0 Å². The van der Waals surface area contributed by atoms with Crippen LogP contribution >= 0.6 is 0 Å². The van der Waals surface area contributed by atoms with Gasteiger partial charge in [-0.05, 0) is 52.4 Å². The molecule has 1 fully saturated rings. The molecule has 1 unspecified atom stereocenters. The fraction of sp³-hybridized carbons (Fsp3) is 0.833. The Morgan fingerprint density at radius 1 is 1.41 bits per heavy atom. The second-order valence-electron chi connectivity index (χ2n) is 5.18. The standard InChI is InChI=1S/C12H23N5/c1-10(12-15-14-9-17(12)3)13-8-11-4-6-16(2)7-5-11/h9-11,13H,4-8H2,1-3H3. The summed E-state index contributed by atoms with van der Waals surface area (Å²) in [4.78, 5) is 2.41. The highest BCUT2D eigenvalue weighted by Crippen LogP contribution is 2.16. The van der Waals surface area contributed by atoms with Crippen molar-refractivity contribution in [2.75, 3.05) is 26.7 Å². The molecule has 0 bridgehead atoms. The van der Waals surface area contributed by atoms with E-state index in [1.54, 1.807) is 6.33 Å². The maximum Gasteiger partial charge on any atom is 0.149 e. The van der Waals surface area contributed by atoms with Crippen LogP contribution in [0.5, 0.6) is 0 Å². The first-order valence-corrected chi connectivity index (χ1v) is 6.42. The maximum absolute atomic E-state index is 4.13. The minimum Gasteiger partial charge on any atom is -0.319 e. The molecule has 1 aromatic rings. The molecular formula is C12H23N5. The lowest BCUT2D eigenvalue weighted by atomic mass is 9.97. The van der Waals surface area contributed by atoms with Crippen LogP contribution in [0.3, 0.4) is 0 Å². The van der Waals surface area contributed by atoms with Gasteiger partial charge in [-0.1, -0.05) is 0 Å². The predicted molar refractivity (Wildman–Crippen MR) is 67.6 cm³/mol. The molecule has 1 aliphatic rings. The van der Waals surface area contributed by atoms with E-state index in [4.69, 9.17) is 0 Å². The summed E-state index contributed by atoms with van der Waals surface area (Å²) < 4.78 is 1.98. The third-order valence-electron chi connectivity index (χ3n) is 3.68. The van der Waals surface area contributed by atoms with Crippen molar-refractivity contribution < 1.29 is 0 Å². The van der Waals surface area contributed by atoms with Gasteiger partial charge in [-0.15, -0.1) is 10.2 Å². The Morgan fingerprint density at radius 3 is 2.71 bits per heavy atom. The molecule has 2 rings (SSSR count). The van der Waals surface area contributed by atoms with Crippen LogP contribution in [0.4, 0.5) is 0 Å². The van der Waals surface area contributed by atoms with Crippen molar-refractivity contribution in [1.29, 1.82) is 0 Å². The minimum atomic E-state index is 0.280. The van der Waals surface area contributed by atoms with Gasteiger partial charge >= 0.3 is 0 Å². The highest BCUT2D eigenvalue weighted by atomic mass is 15.3. The summed E-state index contributed by atoms with van der Waals surface area (Å²) in [6.45, 7) is 5.69. The van der Waals surface area contributed by atoms with Crippen LogP contribution in [0.2, 0.25) is 0 Å². The van der Waals surface area contributed by atoms with Crippen LogP contribution in [0, 0.1) is 5.92 Å². The van der Waals surface area contributed by atoms with Gasteiger partial charge in [0.05, 0.1) is 6.04 Å². The Morgan fingerprint density at radius 2 is 2.12 bits per heavy atom. The first-order valence-electron chi connectivity index (χ1n) is 6.42.